The normalized spacial score (nSPS) is 15.4. The summed E-state index contributed by atoms with van der Waals surface area (Å²) in [5.74, 6) is -0.540. The molecule has 1 aromatic carbocycles. The number of aryl methyl sites for hydroxylation is 1. The number of nitrogens with zero attached hydrogens (tertiary/aromatic N) is 5. The minimum absolute atomic E-state index is 0.0948. The van der Waals surface area contributed by atoms with Crippen molar-refractivity contribution in [2.75, 3.05) is 5.88 Å². The molecule has 1 atom stereocenters. The minimum Gasteiger partial charge on any atom is -0.349 e. The fourth-order valence-electron chi connectivity index (χ4n) is 3.64. The molecule has 1 aliphatic heterocycles. The Morgan fingerprint density at radius 3 is 2.90 bits per heavy atom. The van der Waals surface area contributed by atoms with Gasteiger partial charge in [-0.1, -0.05) is 17.3 Å². The summed E-state index contributed by atoms with van der Waals surface area (Å²) in [5, 5.41) is 18.2. The Kier molecular flexibility index (Phi) is 6.31. The van der Waals surface area contributed by atoms with Crippen molar-refractivity contribution in [1.29, 1.82) is 0 Å². The first-order valence-corrected chi connectivity index (χ1v) is 10.8. The van der Waals surface area contributed by atoms with Gasteiger partial charge in [0, 0.05) is 18.3 Å². The van der Waals surface area contributed by atoms with Crippen molar-refractivity contribution in [3.8, 4) is 5.69 Å². The SMILES string of the molecule is CC1CCCc2cc(C(=O)NCc3cccc(-n4cc(CNC(=O)CCl)nn4)c3)nn21. The van der Waals surface area contributed by atoms with Gasteiger partial charge in [0.25, 0.3) is 5.91 Å². The number of hydrogen-bond donors (Lipinski definition) is 2. The summed E-state index contributed by atoms with van der Waals surface area (Å²) in [4.78, 5) is 23.9. The van der Waals surface area contributed by atoms with E-state index in [-0.39, 0.29) is 24.2 Å². The van der Waals surface area contributed by atoms with Gasteiger partial charge in [0.15, 0.2) is 0 Å². The standard InChI is InChI=1S/C21H24ClN7O2/c1-14-4-2-7-18-9-19(26-29(14)18)21(31)24-11-15-5-3-6-17(8-15)28-13-16(25-27-28)12-23-20(30)10-22/h3,5-6,8-9,13-14H,2,4,7,10-12H2,1H3,(H,23,30)(H,24,31). The first-order chi connectivity index (χ1) is 15.0. The van der Waals surface area contributed by atoms with E-state index < -0.39 is 0 Å². The molecule has 0 aliphatic carbocycles. The van der Waals surface area contributed by atoms with Crippen molar-refractivity contribution in [2.24, 2.45) is 0 Å². The van der Waals surface area contributed by atoms with E-state index in [0.29, 0.717) is 24.0 Å². The monoisotopic (exact) mass is 441 g/mol. The number of alkyl halides is 1. The van der Waals surface area contributed by atoms with Crippen LogP contribution in [-0.2, 0) is 24.3 Å². The molecule has 0 radical (unpaired) electrons. The van der Waals surface area contributed by atoms with Gasteiger partial charge >= 0.3 is 0 Å². The van der Waals surface area contributed by atoms with E-state index in [2.05, 4.69) is 33.0 Å². The van der Waals surface area contributed by atoms with E-state index in [1.165, 1.54) is 0 Å². The third-order valence-corrected chi connectivity index (χ3v) is 5.52. The smallest absolute Gasteiger partial charge is 0.272 e. The Morgan fingerprint density at radius 2 is 2.10 bits per heavy atom. The van der Waals surface area contributed by atoms with Crippen LogP contribution in [0.3, 0.4) is 0 Å². The Morgan fingerprint density at radius 1 is 1.23 bits per heavy atom. The predicted octanol–water partition coefficient (Wildman–Crippen LogP) is 2.15. The molecule has 2 aromatic heterocycles. The maximum Gasteiger partial charge on any atom is 0.272 e. The number of hydrogen-bond acceptors (Lipinski definition) is 5. The van der Waals surface area contributed by atoms with Gasteiger partial charge in [0.1, 0.15) is 17.3 Å². The number of carbonyl (C=O) groups excluding carboxylic acids is 2. The molecular weight excluding hydrogens is 418 g/mol. The second-order valence-electron chi connectivity index (χ2n) is 7.62. The number of benzene rings is 1. The molecule has 3 aromatic rings. The van der Waals surface area contributed by atoms with Crippen molar-refractivity contribution in [2.45, 2.75) is 45.3 Å². The highest BCUT2D eigenvalue weighted by Crippen LogP contribution is 2.24. The molecule has 10 heteroatoms. The number of rotatable bonds is 7. The zero-order valence-electron chi connectivity index (χ0n) is 17.2. The molecule has 3 heterocycles. The molecule has 4 rings (SSSR count). The average Bonchev–Trinajstić information content (AvgIpc) is 3.44. The molecule has 2 amide bonds. The maximum atomic E-state index is 12.6. The zero-order valence-corrected chi connectivity index (χ0v) is 18.0. The molecule has 0 fully saturated rings. The predicted molar refractivity (Wildman–Crippen MR) is 115 cm³/mol. The quantitative estimate of drug-likeness (QED) is 0.546. The highest BCUT2D eigenvalue weighted by atomic mass is 35.5. The van der Waals surface area contributed by atoms with E-state index in [1.807, 2.05) is 35.0 Å². The fourth-order valence-corrected chi connectivity index (χ4v) is 3.73. The minimum atomic E-state index is -0.262. The van der Waals surface area contributed by atoms with Crippen LogP contribution in [-0.4, -0.2) is 42.5 Å². The zero-order chi connectivity index (χ0) is 21.8. The van der Waals surface area contributed by atoms with Crippen LogP contribution in [0, 0.1) is 0 Å². The summed E-state index contributed by atoms with van der Waals surface area (Å²) >= 11 is 5.47. The lowest BCUT2D eigenvalue weighted by Crippen LogP contribution is -2.24. The molecule has 0 saturated heterocycles. The molecule has 0 saturated carbocycles. The van der Waals surface area contributed by atoms with E-state index in [9.17, 15) is 9.59 Å². The summed E-state index contributed by atoms with van der Waals surface area (Å²) in [6, 6.07) is 9.87. The van der Waals surface area contributed by atoms with Crippen molar-refractivity contribution in [3.63, 3.8) is 0 Å². The molecule has 9 nitrogen and oxygen atoms in total. The first-order valence-electron chi connectivity index (χ1n) is 10.2. The lowest BCUT2D eigenvalue weighted by atomic mass is 10.0. The van der Waals surface area contributed by atoms with Crippen molar-refractivity contribution >= 4 is 23.4 Å². The van der Waals surface area contributed by atoms with Gasteiger partial charge in [-0.25, -0.2) is 4.68 Å². The number of amides is 2. The largest absolute Gasteiger partial charge is 0.349 e. The maximum absolute atomic E-state index is 12.6. The van der Waals surface area contributed by atoms with E-state index in [4.69, 9.17) is 11.6 Å². The van der Waals surface area contributed by atoms with Gasteiger partial charge in [-0.05, 0) is 49.9 Å². The van der Waals surface area contributed by atoms with Crippen molar-refractivity contribution in [1.82, 2.24) is 35.4 Å². The van der Waals surface area contributed by atoms with Crippen LogP contribution in [0.15, 0.2) is 36.5 Å². The number of fused-ring (bicyclic) bond motifs is 1. The Hall–Kier alpha value is -3.20. The highest BCUT2D eigenvalue weighted by Gasteiger charge is 2.20. The van der Waals surface area contributed by atoms with Gasteiger partial charge in [-0.2, -0.15) is 5.10 Å². The van der Waals surface area contributed by atoms with Crippen LogP contribution < -0.4 is 10.6 Å². The molecule has 1 unspecified atom stereocenters. The van der Waals surface area contributed by atoms with Gasteiger partial charge in [0.2, 0.25) is 5.91 Å². The van der Waals surface area contributed by atoms with Crippen LogP contribution in [0.5, 0.6) is 0 Å². The van der Waals surface area contributed by atoms with Crippen LogP contribution in [0.2, 0.25) is 0 Å². The number of aromatic nitrogens is 5. The van der Waals surface area contributed by atoms with Crippen LogP contribution in [0.25, 0.3) is 5.69 Å². The lowest BCUT2D eigenvalue weighted by molar-refractivity contribution is -0.118. The van der Waals surface area contributed by atoms with Crippen LogP contribution >= 0.6 is 11.6 Å². The highest BCUT2D eigenvalue weighted by molar-refractivity contribution is 6.27. The van der Waals surface area contributed by atoms with Gasteiger partial charge in [-0.15, -0.1) is 16.7 Å². The third kappa shape index (κ3) is 4.93. The van der Waals surface area contributed by atoms with Crippen molar-refractivity contribution < 1.29 is 9.59 Å². The molecule has 2 N–H and O–H groups in total. The summed E-state index contributed by atoms with van der Waals surface area (Å²) in [6.07, 6.45) is 4.92. The molecule has 31 heavy (non-hydrogen) atoms. The lowest BCUT2D eigenvalue weighted by Gasteiger charge is -2.20. The summed E-state index contributed by atoms with van der Waals surface area (Å²) in [5.41, 5.74) is 3.93. The van der Waals surface area contributed by atoms with Gasteiger partial charge in [0.05, 0.1) is 18.4 Å². The van der Waals surface area contributed by atoms with Crippen molar-refractivity contribution in [3.05, 3.63) is 59.2 Å². The third-order valence-electron chi connectivity index (χ3n) is 5.28. The Bertz CT molecular complexity index is 1090. The van der Waals surface area contributed by atoms with Gasteiger partial charge < -0.3 is 10.6 Å². The molecule has 0 bridgehead atoms. The second-order valence-corrected chi connectivity index (χ2v) is 7.89. The summed E-state index contributed by atoms with van der Waals surface area (Å²) in [6.45, 7) is 2.76. The second kappa shape index (κ2) is 9.30. The number of carbonyl (C=O) groups is 2. The topological polar surface area (TPSA) is 107 Å². The van der Waals surface area contributed by atoms with Crippen LogP contribution in [0.4, 0.5) is 0 Å². The summed E-state index contributed by atoms with van der Waals surface area (Å²) < 4.78 is 3.59. The molecular formula is C21H24ClN7O2. The molecule has 0 spiro atoms. The molecule has 1 aliphatic rings. The number of nitrogens with one attached hydrogen (secondary N) is 2. The molecule has 162 valence electrons. The Labute approximate surface area is 184 Å². The van der Waals surface area contributed by atoms with E-state index in [1.54, 1.807) is 10.9 Å². The summed E-state index contributed by atoms with van der Waals surface area (Å²) in [7, 11) is 0. The average molecular weight is 442 g/mol. The Balaban J connectivity index is 1.38. The van der Waals surface area contributed by atoms with E-state index in [0.717, 1.165) is 36.2 Å². The van der Waals surface area contributed by atoms with E-state index >= 15 is 0 Å². The first kappa shape index (κ1) is 21.0. The number of halogens is 1. The van der Waals surface area contributed by atoms with Crippen LogP contribution in [0.1, 0.15) is 53.2 Å². The van der Waals surface area contributed by atoms with Gasteiger partial charge in [-0.3, -0.25) is 14.3 Å². The fraction of sp³-hybridized carbons (Fsp3) is 0.381.